The van der Waals surface area contributed by atoms with Crippen molar-refractivity contribution in [2.24, 2.45) is 0 Å². The van der Waals surface area contributed by atoms with Crippen molar-refractivity contribution in [2.75, 3.05) is 6.61 Å². The maximum Gasteiger partial charge on any atom is 0.328 e. The fourth-order valence-corrected chi connectivity index (χ4v) is 2.48. The lowest BCUT2D eigenvalue weighted by Gasteiger charge is -2.17. The fraction of sp³-hybridized carbons (Fsp3) is 0.222. The van der Waals surface area contributed by atoms with Gasteiger partial charge in [0, 0.05) is 18.6 Å². The Morgan fingerprint density at radius 2 is 1.62 bits per heavy atom. The summed E-state index contributed by atoms with van der Waals surface area (Å²) in [4.78, 5) is 45.0. The number of carbonyl (C=O) groups is 2. The van der Waals surface area contributed by atoms with E-state index < -0.39 is 39.1 Å². The minimum absolute atomic E-state index is 0.0157. The highest BCUT2D eigenvalue weighted by Crippen LogP contribution is 2.23. The van der Waals surface area contributed by atoms with E-state index in [-0.39, 0.29) is 24.3 Å². The van der Waals surface area contributed by atoms with Gasteiger partial charge < -0.3 is 15.2 Å². The summed E-state index contributed by atoms with van der Waals surface area (Å²) >= 11 is 0. The number of benzene rings is 2. The summed E-state index contributed by atoms with van der Waals surface area (Å²) in [7, 11) is 0. The quantitative estimate of drug-likeness (QED) is 0.385. The number of amides is 1. The van der Waals surface area contributed by atoms with E-state index in [1.54, 1.807) is 19.1 Å². The van der Waals surface area contributed by atoms with Crippen LogP contribution in [0.5, 0.6) is 5.75 Å². The molecule has 0 saturated carbocycles. The standard InChI is InChI=1S/C18H17N3O8/c1-2-29-18(24)16(7-11-3-5-15(22)6-4-11)19-17(23)12-8-13(20(25)26)10-14(9-12)21(27)28/h3-6,8-10,16,22H,2,7H2,1H3,(H,19,23). The molecule has 0 aliphatic rings. The molecule has 0 bridgehead atoms. The van der Waals surface area contributed by atoms with Crippen molar-refractivity contribution in [1.82, 2.24) is 5.32 Å². The molecule has 2 aromatic carbocycles. The molecule has 0 radical (unpaired) electrons. The Morgan fingerprint density at radius 1 is 1.07 bits per heavy atom. The number of aromatic hydroxyl groups is 1. The van der Waals surface area contributed by atoms with Crippen molar-refractivity contribution >= 4 is 23.3 Å². The third kappa shape index (κ3) is 5.73. The van der Waals surface area contributed by atoms with Gasteiger partial charge in [0.15, 0.2) is 0 Å². The van der Waals surface area contributed by atoms with Crippen LogP contribution in [0, 0.1) is 20.2 Å². The summed E-state index contributed by atoms with van der Waals surface area (Å²) in [5.74, 6) is -1.63. The number of nitrogens with zero attached hydrogens (tertiary/aromatic N) is 2. The van der Waals surface area contributed by atoms with Crippen LogP contribution in [0.25, 0.3) is 0 Å². The molecule has 2 N–H and O–H groups in total. The first-order valence-electron chi connectivity index (χ1n) is 8.40. The SMILES string of the molecule is CCOC(=O)C(Cc1ccc(O)cc1)NC(=O)c1cc([N+](=O)[O-])cc([N+](=O)[O-])c1. The number of hydrogen-bond donors (Lipinski definition) is 2. The number of non-ortho nitro benzene ring substituents is 2. The molecular formula is C18H17N3O8. The van der Waals surface area contributed by atoms with Crippen molar-refractivity contribution in [3.05, 3.63) is 73.8 Å². The number of phenolic OH excluding ortho intramolecular Hbond substituents is 1. The van der Waals surface area contributed by atoms with Crippen molar-refractivity contribution in [1.29, 1.82) is 0 Å². The van der Waals surface area contributed by atoms with Gasteiger partial charge in [-0.05, 0) is 24.6 Å². The molecule has 11 heteroatoms. The topological polar surface area (TPSA) is 162 Å². The van der Waals surface area contributed by atoms with Crippen LogP contribution in [-0.2, 0) is 16.0 Å². The Kier molecular flexibility index (Phi) is 6.80. The second-order valence-corrected chi connectivity index (χ2v) is 5.90. The molecule has 2 rings (SSSR count). The molecule has 1 unspecified atom stereocenters. The van der Waals surface area contributed by atoms with Crippen molar-refractivity contribution < 1.29 is 29.3 Å². The van der Waals surface area contributed by atoms with Gasteiger partial charge in [0.2, 0.25) is 0 Å². The van der Waals surface area contributed by atoms with Gasteiger partial charge in [-0.15, -0.1) is 0 Å². The van der Waals surface area contributed by atoms with Crippen LogP contribution in [0.15, 0.2) is 42.5 Å². The molecule has 0 aromatic heterocycles. The van der Waals surface area contributed by atoms with Gasteiger partial charge in [0.05, 0.1) is 28.1 Å². The molecular weight excluding hydrogens is 386 g/mol. The zero-order chi connectivity index (χ0) is 21.6. The molecule has 0 fully saturated rings. The highest BCUT2D eigenvalue weighted by atomic mass is 16.6. The van der Waals surface area contributed by atoms with Crippen LogP contribution in [0.3, 0.4) is 0 Å². The van der Waals surface area contributed by atoms with E-state index in [9.17, 15) is 34.9 Å². The van der Waals surface area contributed by atoms with Crippen LogP contribution in [-0.4, -0.2) is 39.5 Å². The van der Waals surface area contributed by atoms with Gasteiger partial charge in [0.1, 0.15) is 11.8 Å². The van der Waals surface area contributed by atoms with Gasteiger partial charge in [0.25, 0.3) is 17.3 Å². The summed E-state index contributed by atoms with van der Waals surface area (Å²) in [5, 5.41) is 33.7. The third-order valence-corrected chi connectivity index (χ3v) is 3.84. The number of ether oxygens (including phenoxy) is 1. The number of nitrogens with one attached hydrogen (secondary N) is 1. The number of hydrogen-bond acceptors (Lipinski definition) is 8. The first-order valence-corrected chi connectivity index (χ1v) is 8.40. The number of esters is 1. The molecule has 0 aliphatic carbocycles. The summed E-state index contributed by atoms with van der Waals surface area (Å²) < 4.78 is 4.94. The van der Waals surface area contributed by atoms with Crippen LogP contribution >= 0.6 is 0 Å². The van der Waals surface area contributed by atoms with E-state index in [0.717, 1.165) is 18.2 Å². The monoisotopic (exact) mass is 403 g/mol. The molecule has 0 saturated heterocycles. The number of nitro groups is 2. The van der Waals surface area contributed by atoms with Gasteiger partial charge in [-0.25, -0.2) is 4.79 Å². The lowest BCUT2D eigenvalue weighted by Crippen LogP contribution is -2.43. The fourth-order valence-electron chi connectivity index (χ4n) is 2.48. The lowest BCUT2D eigenvalue weighted by atomic mass is 10.0. The van der Waals surface area contributed by atoms with E-state index >= 15 is 0 Å². The minimum atomic E-state index is -1.15. The summed E-state index contributed by atoms with van der Waals surface area (Å²) in [6.07, 6.45) is 0.0157. The zero-order valence-corrected chi connectivity index (χ0v) is 15.2. The highest BCUT2D eigenvalue weighted by molar-refractivity contribution is 5.98. The first-order chi connectivity index (χ1) is 13.7. The maximum atomic E-state index is 12.6. The normalized spacial score (nSPS) is 11.3. The summed E-state index contributed by atoms with van der Waals surface area (Å²) in [5.41, 5.74) is -0.997. The molecule has 2 aromatic rings. The Balaban J connectivity index is 2.31. The van der Waals surface area contributed by atoms with E-state index in [2.05, 4.69) is 5.32 Å². The van der Waals surface area contributed by atoms with Gasteiger partial charge in [-0.1, -0.05) is 12.1 Å². The zero-order valence-electron chi connectivity index (χ0n) is 15.2. The predicted molar refractivity (Wildman–Crippen MR) is 99.4 cm³/mol. The van der Waals surface area contributed by atoms with Gasteiger partial charge >= 0.3 is 5.97 Å². The number of phenols is 1. The average Bonchev–Trinajstić information content (AvgIpc) is 2.68. The largest absolute Gasteiger partial charge is 0.508 e. The van der Waals surface area contributed by atoms with Crippen molar-refractivity contribution in [3.8, 4) is 5.75 Å². The van der Waals surface area contributed by atoms with E-state index in [0.29, 0.717) is 5.56 Å². The van der Waals surface area contributed by atoms with Crippen molar-refractivity contribution in [3.63, 3.8) is 0 Å². The second-order valence-electron chi connectivity index (χ2n) is 5.90. The maximum absolute atomic E-state index is 12.6. The van der Waals surface area contributed by atoms with Crippen LogP contribution in [0.2, 0.25) is 0 Å². The Labute approximate surface area is 164 Å². The highest BCUT2D eigenvalue weighted by Gasteiger charge is 2.26. The molecule has 11 nitrogen and oxygen atoms in total. The van der Waals surface area contributed by atoms with Crippen LogP contribution in [0.1, 0.15) is 22.8 Å². The smallest absolute Gasteiger partial charge is 0.328 e. The third-order valence-electron chi connectivity index (χ3n) is 3.84. The Bertz CT molecular complexity index is 910. The van der Waals surface area contributed by atoms with Crippen LogP contribution in [0.4, 0.5) is 11.4 Å². The molecule has 0 aliphatic heterocycles. The molecule has 1 atom stereocenters. The number of carbonyl (C=O) groups excluding carboxylic acids is 2. The molecule has 29 heavy (non-hydrogen) atoms. The first kappa shape index (κ1) is 21.3. The average molecular weight is 403 g/mol. The lowest BCUT2D eigenvalue weighted by molar-refractivity contribution is -0.394. The van der Waals surface area contributed by atoms with Crippen molar-refractivity contribution in [2.45, 2.75) is 19.4 Å². The van der Waals surface area contributed by atoms with Gasteiger partial charge in [-0.2, -0.15) is 0 Å². The molecule has 0 heterocycles. The Hall–Kier alpha value is -4.02. The molecule has 0 spiro atoms. The van der Waals surface area contributed by atoms with E-state index in [4.69, 9.17) is 4.74 Å². The minimum Gasteiger partial charge on any atom is -0.508 e. The summed E-state index contributed by atoms with van der Waals surface area (Å²) in [6, 6.07) is 7.25. The molecule has 1 amide bonds. The van der Waals surface area contributed by atoms with E-state index in [1.165, 1.54) is 12.1 Å². The van der Waals surface area contributed by atoms with Crippen LogP contribution < -0.4 is 5.32 Å². The van der Waals surface area contributed by atoms with Gasteiger partial charge in [-0.3, -0.25) is 25.0 Å². The Morgan fingerprint density at radius 3 is 2.10 bits per heavy atom. The summed E-state index contributed by atoms with van der Waals surface area (Å²) in [6.45, 7) is 1.64. The second kappa shape index (κ2) is 9.26. The van der Waals surface area contributed by atoms with E-state index in [1.807, 2.05) is 0 Å². The number of rotatable bonds is 8. The predicted octanol–water partition coefficient (Wildman–Crippen LogP) is 2.11. The number of nitro benzene ring substituents is 2. The molecule has 152 valence electrons.